The van der Waals surface area contributed by atoms with Crippen molar-refractivity contribution in [3.8, 4) is 0 Å². The van der Waals surface area contributed by atoms with Gasteiger partial charge in [0.15, 0.2) is 0 Å². The molecule has 6 nitrogen and oxygen atoms in total. The summed E-state index contributed by atoms with van der Waals surface area (Å²) in [5.41, 5.74) is 0.889. The van der Waals surface area contributed by atoms with Gasteiger partial charge < -0.3 is 5.32 Å². The molecular weight excluding hydrogens is 230 g/mol. The van der Waals surface area contributed by atoms with E-state index in [1.54, 1.807) is 10.7 Å². The zero-order chi connectivity index (χ0) is 13.0. The van der Waals surface area contributed by atoms with E-state index in [1.807, 2.05) is 32.1 Å². The van der Waals surface area contributed by atoms with Crippen LogP contribution in [0.5, 0.6) is 0 Å². The van der Waals surface area contributed by atoms with Crippen LogP contribution >= 0.6 is 0 Å². The number of nitrogens with zero attached hydrogens (tertiary/aromatic N) is 4. The first kappa shape index (κ1) is 12.2. The van der Waals surface area contributed by atoms with Crippen molar-refractivity contribution in [2.24, 2.45) is 0 Å². The van der Waals surface area contributed by atoms with Gasteiger partial charge in [-0.3, -0.25) is 4.79 Å². The number of nitrogens with one attached hydrogen (secondary N) is 1. The molecule has 0 spiro atoms. The summed E-state index contributed by atoms with van der Waals surface area (Å²) in [6.07, 6.45) is 6.38. The molecule has 94 valence electrons. The minimum absolute atomic E-state index is 0.150. The van der Waals surface area contributed by atoms with Gasteiger partial charge in [-0.05, 0) is 26.3 Å². The van der Waals surface area contributed by atoms with E-state index in [2.05, 4.69) is 20.4 Å². The van der Waals surface area contributed by atoms with E-state index in [4.69, 9.17) is 0 Å². The summed E-state index contributed by atoms with van der Waals surface area (Å²) >= 11 is 0. The molecule has 0 saturated carbocycles. The standard InChI is InChI=1S/C12H15N5O/c1-3-4-5-7-13-11(18)10-15-12-14-8-6-9(2)17(12)16-10/h3-4,6,8H,5,7H2,1-2H3,(H,13,18)/b4-3+. The Labute approximate surface area is 105 Å². The lowest BCUT2D eigenvalue weighted by Crippen LogP contribution is -2.25. The van der Waals surface area contributed by atoms with E-state index in [9.17, 15) is 4.79 Å². The van der Waals surface area contributed by atoms with Crippen LogP contribution in [-0.2, 0) is 0 Å². The third-order valence-corrected chi connectivity index (χ3v) is 2.47. The highest BCUT2D eigenvalue weighted by Crippen LogP contribution is 2.01. The molecule has 0 radical (unpaired) electrons. The third kappa shape index (κ3) is 2.53. The fraction of sp³-hybridized carbons (Fsp3) is 0.333. The molecule has 0 aliphatic carbocycles. The summed E-state index contributed by atoms with van der Waals surface area (Å²) in [4.78, 5) is 19.9. The molecule has 2 aromatic heterocycles. The molecule has 0 aliphatic rings. The van der Waals surface area contributed by atoms with Crippen LogP contribution in [0.4, 0.5) is 0 Å². The maximum atomic E-state index is 11.8. The molecule has 0 aliphatic heterocycles. The molecule has 2 heterocycles. The molecule has 2 aromatic rings. The van der Waals surface area contributed by atoms with Crippen LogP contribution < -0.4 is 5.32 Å². The van der Waals surface area contributed by atoms with Crippen molar-refractivity contribution in [2.45, 2.75) is 20.3 Å². The second-order valence-corrected chi connectivity index (χ2v) is 3.85. The quantitative estimate of drug-likeness (QED) is 0.647. The van der Waals surface area contributed by atoms with Crippen LogP contribution in [0.25, 0.3) is 5.78 Å². The van der Waals surface area contributed by atoms with Gasteiger partial charge in [0.1, 0.15) is 0 Å². The highest BCUT2D eigenvalue weighted by atomic mass is 16.2. The molecule has 6 heteroatoms. The van der Waals surface area contributed by atoms with Gasteiger partial charge in [0.05, 0.1) is 0 Å². The molecule has 1 N–H and O–H groups in total. The summed E-state index contributed by atoms with van der Waals surface area (Å²) in [5, 5.41) is 6.88. The number of hydrogen-bond acceptors (Lipinski definition) is 4. The average molecular weight is 245 g/mol. The Bertz CT molecular complexity index is 587. The Morgan fingerprint density at radius 2 is 2.39 bits per heavy atom. The minimum atomic E-state index is -0.274. The highest BCUT2D eigenvalue weighted by Gasteiger charge is 2.13. The summed E-state index contributed by atoms with van der Waals surface area (Å²) in [6.45, 7) is 4.40. The lowest BCUT2D eigenvalue weighted by atomic mass is 10.4. The fourth-order valence-corrected chi connectivity index (χ4v) is 1.52. The highest BCUT2D eigenvalue weighted by molar-refractivity contribution is 5.90. The number of aryl methyl sites for hydroxylation is 1. The number of carbonyl (C=O) groups excluding carboxylic acids is 1. The predicted octanol–water partition coefficient (Wildman–Crippen LogP) is 1.13. The van der Waals surface area contributed by atoms with E-state index in [1.165, 1.54) is 0 Å². The molecule has 0 saturated heterocycles. The minimum Gasteiger partial charge on any atom is -0.349 e. The van der Waals surface area contributed by atoms with E-state index in [0.717, 1.165) is 12.1 Å². The lowest BCUT2D eigenvalue weighted by Gasteiger charge is -1.98. The monoisotopic (exact) mass is 245 g/mol. The van der Waals surface area contributed by atoms with E-state index >= 15 is 0 Å². The van der Waals surface area contributed by atoms with Gasteiger partial charge in [0.25, 0.3) is 11.7 Å². The van der Waals surface area contributed by atoms with Crippen molar-refractivity contribution >= 4 is 11.7 Å². The van der Waals surface area contributed by atoms with Gasteiger partial charge in [0.2, 0.25) is 5.82 Å². The van der Waals surface area contributed by atoms with Gasteiger partial charge in [-0.1, -0.05) is 12.2 Å². The number of aromatic nitrogens is 4. The summed E-state index contributed by atoms with van der Waals surface area (Å²) < 4.78 is 1.56. The van der Waals surface area contributed by atoms with Crippen molar-refractivity contribution in [1.82, 2.24) is 24.9 Å². The van der Waals surface area contributed by atoms with Crippen molar-refractivity contribution in [1.29, 1.82) is 0 Å². The van der Waals surface area contributed by atoms with Crippen LogP contribution in [0.2, 0.25) is 0 Å². The number of fused-ring (bicyclic) bond motifs is 1. The first-order valence-electron chi connectivity index (χ1n) is 5.80. The molecule has 18 heavy (non-hydrogen) atoms. The SMILES string of the molecule is C/C=C/CCNC(=O)c1nc2nccc(C)n2n1. The summed E-state index contributed by atoms with van der Waals surface area (Å²) in [7, 11) is 0. The smallest absolute Gasteiger partial charge is 0.291 e. The Balaban J connectivity index is 2.11. The van der Waals surface area contributed by atoms with E-state index < -0.39 is 0 Å². The predicted molar refractivity (Wildman–Crippen MR) is 67.3 cm³/mol. The number of amides is 1. The zero-order valence-corrected chi connectivity index (χ0v) is 10.4. The maximum absolute atomic E-state index is 11.8. The first-order valence-corrected chi connectivity index (χ1v) is 5.80. The van der Waals surface area contributed by atoms with Crippen molar-refractivity contribution in [3.05, 3.63) is 35.9 Å². The Morgan fingerprint density at radius 1 is 1.56 bits per heavy atom. The van der Waals surface area contributed by atoms with Gasteiger partial charge in [-0.15, -0.1) is 5.10 Å². The number of hydrogen-bond donors (Lipinski definition) is 1. The zero-order valence-electron chi connectivity index (χ0n) is 10.4. The molecule has 0 atom stereocenters. The van der Waals surface area contributed by atoms with E-state index in [-0.39, 0.29) is 11.7 Å². The molecule has 0 bridgehead atoms. The molecule has 2 rings (SSSR count). The van der Waals surface area contributed by atoms with Crippen molar-refractivity contribution in [2.75, 3.05) is 6.54 Å². The Kier molecular flexibility index (Phi) is 3.66. The van der Waals surface area contributed by atoms with Crippen LogP contribution in [0.3, 0.4) is 0 Å². The van der Waals surface area contributed by atoms with Crippen LogP contribution in [0.15, 0.2) is 24.4 Å². The van der Waals surface area contributed by atoms with Crippen molar-refractivity contribution in [3.63, 3.8) is 0 Å². The summed E-state index contributed by atoms with van der Waals surface area (Å²) in [6, 6.07) is 1.81. The largest absolute Gasteiger partial charge is 0.349 e. The van der Waals surface area contributed by atoms with Gasteiger partial charge >= 0.3 is 0 Å². The van der Waals surface area contributed by atoms with Crippen LogP contribution in [0, 0.1) is 6.92 Å². The number of rotatable bonds is 4. The van der Waals surface area contributed by atoms with Crippen molar-refractivity contribution < 1.29 is 4.79 Å². The topological polar surface area (TPSA) is 72.2 Å². The van der Waals surface area contributed by atoms with Gasteiger partial charge in [0, 0.05) is 18.4 Å². The second kappa shape index (κ2) is 5.39. The fourth-order valence-electron chi connectivity index (χ4n) is 1.52. The average Bonchev–Trinajstić information content (AvgIpc) is 2.80. The first-order chi connectivity index (χ1) is 8.72. The van der Waals surface area contributed by atoms with Gasteiger partial charge in [-0.2, -0.15) is 4.98 Å². The molecule has 0 unspecified atom stereocenters. The normalized spacial score (nSPS) is 11.2. The van der Waals surface area contributed by atoms with Crippen LogP contribution in [0.1, 0.15) is 29.7 Å². The Hall–Kier alpha value is -2.24. The third-order valence-electron chi connectivity index (χ3n) is 2.47. The van der Waals surface area contributed by atoms with Gasteiger partial charge in [-0.25, -0.2) is 9.50 Å². The number of allylic oxidation sites excluding steroid dienone is 1. The Morgan fingerprint density at radius 3 is 3.11 bits per heavy atom. The van der Waals surface area contributed by atoms with Crippen LogP contribution in [-0.4, -0.2) is 32.0 Å². The molecular formula is C12H15N5O. The lowest BCUT2D eigenvalue weighted by molar-refractivity contribution is 0.0944. The molecule has 0 fully saturated rings. The van der Waals surface area contributed by atoms with E-state index in [0.29, 0.717) is 12.3 Å². The molecule has 0 aromatic carbocycles. The maximum Gasteiger partial charge on any atom is 0.291 e. The molecule has 1 amide bonds. The second-order valence-electron chi connectivity index (χ2n) is 3.85. The summed E-state index contributed by atoms with van der Waals surface area (Å²) in [5.74, 6) is 0.315. The number of carbonyl (C=O) groups is 1.